The maximum atomic E-state index is 11.8. The predicted molar refractivity (Wildman–Crippen MR) is 61.7 cm³/mol. The zero-order valence-electron chi connectivity index (χ0n) is 10.4. The van der Waals surface area contributed by atoms with Gasteiger partial charge in [-0.15, -0.1) is 0 Å². The summed E-state index contributed by atoms with van der Waals surface area (Å²) >= 11 is 0. The molecule has 0 atom stereocenters. The summed E-state index contributed by atoms with van der Waals surface area (Å²) in [6.45, 7) is -1.74. The Kier molecular flexibility index (Phi) is 5.25. The van der Waals surface area contributed by atoms with Gasteiger partial charge in [0.05, 0.1) is 17.8 Å². The zero-order chi connectivity index (χ0) is 16.3. The van der Waals surface area contributed by atoms with Crippen LogP contribution in [0.3, 0.4) is 0 Å². The molecule has 13 heteroatoms. The first-order chi connectivity index (χ1) is 9.50. The molecular weight excluding hydrogens is 321 g/mol. The number of hydrogen-bond donors (Lipinski definition) is 1. The van der Waals surface area contributed by atoms with Gasteiger partial charge in [0.2, 0.25) is 14.9 Å². The van der Waals surface area contributed by atoms with Crippen LogP contribution in [-0.4, -0.2) is 42.5 Å². The van der Waals surface area contributed by atoms with Crippen molar-refractivity contribution < 1.29 is 31.2 Å². The van der Waals surface area contributed by atoms with Gasteiger partial charge < -0.3 is 14.9 Å². The number of rotatable bonds is 7. The van der Waals surface area contributed by atoms with Gasteiger partial charge in [-0.1, -0.05) is 0 Å². The molecule has 0 unspecified atom stereocenters. The lowest BCUT2D eigenvalue weighted by atomic mass is 10.4. The van der Waals surface area contributed by atoms with E-state index in [1.54, 1.807) is 0 Å². The highest BCUT2D eigenvalue weighted by Crippen LogP contribution is 2.20. The lowest BCUT2D eigenvalue weighted by Gasteiger charge is -2.06. The Morgan fingerprint density at radius 1 is 1.48 bits per heavy atom. The first-order valence-corrected chi connectivity index (χ1v) is 6.94. The van der Waals surface area contributed by atoms with Crippen LogP contribution in [0.4, 0.5) is 19.0 Å². The van der Waals surface area contributed by atoms with E-state index in [0.717, 1.165) is 10.9 Å². The second kappa shape index (κ2) is 6.36. The molecule has 1 aromatic heterocycles. The van der Waals surface area contributed by atoms with Crippen molar-refractivity contribution in [2.75, 3.05) is 13.2 Å². The average molecular weight is 332 g/mol. The van der Waals surface area contributed by atoms with E-state index in [2.05, 4.69) is 9.84 Å². The molecule has 0 amide bonds. The van der Waals surface area contributed by atoms with E-state index in [4.69, 9.17) is 5.14 Å². The number of sulfonamides is 1. The summed E-state index contributed by atoms with van der Waals surface area (Å²) in [5.41, 5.74) is 0. The summed E-state index contributed by atoms with van der Waals surface area (Å²) in [5.74, 6) is -0.936. The van der Waals surface area contributed by atoms with E-state index in [9.17, 15) is 31.7 Å². The Hall–Kier alpha value is -1.73. The van der Waals surface area contributed by atoms with Gasteiger partial charge in [0.1, 0.15) is 6.61 Å². The summed E-state index contributed by atoms with van der Waals surface area (Å²) < 4.78 is 62.8. The van der Waals surface area contributed by atoms with Crippen molar-refractivity contribution in [1.82, 2.24) is 9.78 Å². The molecule has 0 saturated carbocycles. The highest BCUT2D eigenvalue weighted by molar-refractivity contribution is 7.89. The first kappa shape index (κ1) is 17.3. The highest BCUT2D eigenvalue weighted by Gasteiger charge is 2.29. The topological polar surface area (TPSA) is 130 Å². The van der Waals surface area contributed by atoms with Crippen LogP contribution in [0, 0.1) is 10.1 Å². The molecule has 21 heavy (non-hydrogen) atoms. The molecule has 0 spiro atoms. The van der Waals surface area contributed by atoms with Crippen molar-refractivity contribution in [3.05, 3.63) is 16.3 Å². The number of ether oxygens (including phenoxy) is 1. The van der Waals surface area contributed by atoms with Crippen LogP contribution in [-0.2, 0) is 21.3 Å². The number of alkyl halides is 3. The minimum absolute atomic E-state index is 0.0545. The van der Waals surface area contributed by atoms with Gasteiger partial charge in [-0.2, -0.15) is 17.9 Å². The van der Waals surface area contributed by atoms with Crippen molar-refractivity contribution >= 4 is 15.8 Å². The minimum Gasteiger partial charge on any atom is -0.372 e. The molecule has 1 heterocycles. The van der Waals surface area contributed by atoms with Crippen molar-refractivity contribution in [3.63, 3.8) is 0 Å². The monoisotopic (exact) mass is 332 g/mol. The Morgan fingerprint density at radius 3 is 2.52 bits per heavy atom. The first-order valence-electron chi connectivity index (χ1n) is 5.40. The second-order valence-corrected chi connectivity index (χ2v) is 5.43. The smallest absolute Gasteiger partial charge is 0.372 e. The standard InChI is InChI=1S/C8H11F3N4O5S/c9-8(10,11)5-20-3-1-2-14-4-6(21(12,18)19)7(13-14)15(16)17/h4H,1-3,5H2,(H2,12,18,19). The molecule has 0 aromatic carbocycles. The Bertz CT molecular complexity index is 612. The lowest BCUT2D eigenvalue weighted by Crippen LogP contribution is -2.17. The third-order valence-electron chi connectivity index (χ3n) is 2.13. The molecule has 0 saturated heterocycles. The van der Waals surface area contributed by atoms with Gasteiger partial charge in [0.25, 0.3) is 0 Å². The van der Waals surface area contributed by atoms with Crippen LogP contribution < -0.4 is 5.14 Å². The van der Waals surface area contributed by atoms with Crippen LogP contribution in [0.15, 0.2) is 11.1 Å². The largest absolute Gasteiger partial charge is 0.411 e. The van der Waals surface area contributed by atoms with E-state index in [1.807, 2.05) is 0 Å². The molecule has 0 aliphatic rings. The number of nitrogens with two attached hydrogens (primary N) is 1. The number of aryl methyl sites for hydroxylation is 1. The lowest BCUT2D eigenvalue weighted by molar-refractivity contribution is -0.392. The van der Waals surface area contributed by atoms with E-state index in [0.29, 0.717) is 0 Å². The molecule has 1 rings (SSSR count). The summed E-state index contributed by atoms with van der Waals surface area (Å²) in [4.78, 5) is 8.85. The third-order valence-corrected chi connectivity index (χ3v) is 3.03. The maximum Gasteiger partial charge on any atom is 0.411 e. The fourth-order valence-corrected chi connectivity index (χ4v) is 1.99. The Labute approximate surface area is 116 Å². The van der Waals surface area contributed by atoms with Gasteiger partial charge in [-0.05, 0) is 11.3 Å². The maximum absolute atomic E-state index is 11.8. The van der Waals surface area contributed by atoms with Crippen LogP contribution in [0.25, 0.3) is 0 Å². The molecule has 120 valence electrons. The number of hydrogen-bond acceptors (Lipinski definition) is 6. The fourth-order valence-electron chi connectivity index (χ4n) is 1.35. The third kappa shape index (κ3) is 5.65. The molecule has 0 fully saturated rings. The normalized spacial score (nSPS) is 12.6. The average Bonchev–Trinajstić information content (AvgIpc) is 2.71. The van der Waals surface area contributed by atoms with E-state index >= 15 is 0 Å². The summed E-state index contributed by atoms with van der Waals surface area (Å²) in [5, 5.41) is 18.8. The van der Waals surface area contributed by atoms with E-state index < -0.39 is 38.4 Å². The van der Waals surface area contributed by atoms with Gasteiger partial charge in [0, 0.05) is 6.61 Å². The van der Waals surface area contributed by atoms with Crippen LogP contribution in [0.5, 0.6) is 0 Å². The molecule has 9 nitrogen and oxygen atoms in total. The molecule has 0 aliphatic heterocycles. The number of nitro groups is 1. The molecule has 0 radical (unpaired) electrons. The van der Waals surface area contributed by atoms with Gasteiger partial charge in [-0.25, -0.2) is 13.6 Å². The number of nitrogens with zero attached hydrogens (tertiary/aromatic N) is 3. The SMILES string of the molecule is NS(=O)(=O)c1cn(CCCOCC(F)(F)F)nc1[N+](=O)[O-]. The minimum atomic E-state index is -4.44. The molecule has 2 N–H and O–H groups in total. The summed E-state index contributed by atoms with van der Waals surface area (Å²) in [6.07, 6.45) is -3.54. The van der Waals surface area contributed by atoms with Gasteiger partial charge >= 0.3 is 12.0 Å². The van der Waals surface area contributed by atoms with Gasteiger partial charge in [-0.3, -0.25) is 0 Å². The van der Waals surface area contributed by atoms with Crippen LogP contribution in [0.2, 0.25) is 0 Å². The second-order valence-electron chi connectivity index (χ2n) is 3.90. The molecule has 1 aromatic rings. The van der Waals surface area contributed by atoms with Crippen LogP contribution in [0.1, 0.15) is 6.42 Å². The predicted octanol–water partition coefficient (Wildman–Crippen LogP) is 0.408. The Morgan fingerprint density at radius 2 is 2.10 bits per heavy atom. The quantitative estimate of drug-likeness (QED) is 0.437. The van der Waals surface area contributed by atoms with E-state index in [1.165, 1.54) is 0 Å². The highest BCUT2D eigenvalue weighted by atomic mass is 32.2. The Balaban J connectivity index is 2.63. The van der Waals surface area contributed by atoms with Crippen molar-refractivity contribution in [2.24, 2.45) is 5.14 Å². The number of primary sulfonamides is 1. The zero-order valence-corrected chi connectivity index (χ0v) is 11.2. The van der Waals surface area contributed by atoms with Gasteiger partial charge in [0.15, 0.2) is 0 Å². The molecule has 0 bridgehead atoms. The molecule has 0 aliphatic carbocycles. The summed E-state index contributed by atoms with van der Waals surface area (Å²) in [6, 6.07) is 0. The van der Waals surface area contributed by atoms with Crippen molar-refractivity contribution in [1.29, 1.82) is 0 Å². The van der Waals surface area contributed by atoms with Crippen molar-refractivity contribution in [3.8, 4) is 0 Å². The number of halogens is 3. The van der Waals surface area contributed by atoms with E-state index in [-0.39, 0.29) is 19.6 Å². The molecular formula is C8H11F3N4O5S. The summed E-state index contributed by atoms with van der Waals surface area (Å²) in [7, 11) is -4.32. The number of aromatic nitrogens is 2. The fraction of sp³-hybridized carbons (Fsp3) is 0.625. The van der Waals surface area contributed by atoms with Crippen molar-refractivity contribution in [2.45, 2.75) is 24.0 Å². The van der Waals surface area contributed by atoms with Crippen LogP contribution >= 0.6 is 0 Å².